The largest absolute Gasteiger partial charge is 0.313 e. The minimum atomic E-state index is 0.455. The Balaban J connectivity index is 1.96. The number of thioether (sulfide) groups is 1. The molecule has 0 fully saturated rings. The monoisotopic (exact) mass is 389 g/mol. The van der Waals surface area contributed by atoms with Crippen molar-refractivity contribution < 1.29 is 0 Å². The van der Waals surface area contributed by atoms with Crippen LogP contribution >= 0.6 is 50.6 Å². The van der Waals surface area contributed by atoms with Gasteiger partial charge >= 0.3 is 0 Å². The van der Waals surface area contributed by atoms with Crippen molar-refractivity contribution in [2.75, 3.05) is 12.3 Å². The van der Waals surface area contributed by atoms with Crippen LogP contribution in [0.3, 0.4) is 0 Å². The molecule has 2 aromatic rings. The summed E-state index contributed by atoms with van der Waals surface area (Å²) in [4.78, 5) is 2.55. The molecule has 0 aliphatic heterocycles. The van der Waals surface area contributed by atoms with E-state index >= 15 is 0 Å². The highest BCUT2D eigenvalue weighted by atomic mass is 79.9. The molecule has 1 N–H and O–H groups in total. The molecule has 1 atom stereocenters. The molecule has 0 amide bonds. The van der Waals surface area contributed by atoms with E-state index in [0.29, 0.717) is 6.04 Å². The molecule has 1 heterocycles. The molecule has 0 radical (unpaired) electrons. The summed E-state index contributed by atoms with van der Waals surface area (Å²) in [6, 6.07) is 10.6. The van der Waals surface area contributed by atoms with Gasteiger partial charge in [0.15, 0.2) is 0 Å². The van der Waals surface area contributed by atoms with Gasteiger partial charge in [0, 0.05) is 26.0 Å². The zero-order valence-corrected chi connectivity index (χ0v) is 15.2. The zero-order valence-electron chi connectivity index (χ0n) is 11.2. The van der Waals surface area contributed by atoms with E-state index in [1.807, 2.05) is 30.0 Å². The van der Waals surface area contributed by atoms with Gasteiger partial charge in [-0.1, -0.05) is 30.7 Å². The van der Waals surface area contributed by atoms with Crippen LogP contribution in [0.25, 0.3) is 0 Å². The first-order valence-electron chi connectivity index (χ1n) is 6.53. The van der Waals surface area contributed by atoms with Crippen LogP contribution in [0.1, 0.15) is 11.8 Å². The molecule has 0 aliphatic rings. The SMILES string of the molecule is CCNC(CSc1ccccc1Cl)Cc1sccc1Br. The number of hydrogen-bond acceptors (Lipinski definition) is 3. The topological polar surface area (TPSA) is 12.0 Å². The van der Waals surface area contributed by atoms with Gasteiger partial charge in [-0.25, -0.2) is 0 Å². The molecule has 0 spiro atoms. The van der Waals surface area contributed by atoms with Gasteiger partial charge in [-0.05, 0) is 52.5 Å². The van der Waals surface area contributed by atoms with Gasteiger partial charge in [0.25, 0.3) is 0 Å². The van der Waals surface area contributed by atoms with Crippen molar-refractivity contribution in [2.45, 2.75) is 24.3 Å². The minimum absolute atomic E-state index is 0.455. The van der Waals surface area contributed by atoms with Crippen LogP contribution in [-0.4, -0.2) is 18.3 Å². The van der Waals surface area contributed by atoms with Gasteiger partial charge < -0.3 is 5.32 Å². The fourth-order valence-electron chi connectivity index (χ4n) is 1.93. The first kappa shape index (κ1) is 16.4. The summed E-state index contributed by atoms with van der Waals surface area (Å²) in [5.74, 6) is 1.02. The summed E-state index contributed by atoms with van der Waals surface area (Å²) in [5, 5.41) is 6.53. The highest BCUT2D eigenvalue weighted by Gasteiger charge is 2.13. The Morgan fingerprint density at radius 1 is 1.35 bits per heavy atom. The summed E-state index contributed by atoms with van der Waals surface area (Å²) in [6.07, 6.45) is 1.05. The van der Waals surface area contributed by atoms with E-state index < -0.39 is 0 Å². The lowest BCUT2D eigenvalue weighted by Gasteiger charge is -2.17. The summed E-state index contributed by atoms with van der Waals surface area (Å²) < 4.78 is 1.22. The number of benzene rings is 1. The highest BCUT2D eigenvalue weighted by Crippen LogP contribution is 2.29. The standard InChI is InChI=1S/C15H17BrClNS2/c1-2-18-11(9-15-12(16)7-8-19-15)10-20-14-6-4-3-5-13(14)17/h3-8,11,18H,2,9-10H2,1H3. The molecule has 2 rings (SSSR count). The summed E-state index contributed by atoms with van der Waals surface area (Å²) in [6.45, 7) is 3.13. The Morgan fingerprint density at radius 2 is 2.15 bits per heavy atom. The number of halogens is 2. The van der Waals surface area contributed by atoms with E-state index in [2.05, 4.69) is 45.7 Å². The number of nitrogens with one attached hydrogen (secondary N) is 1. The third-order valence-electron chi connectivity index (χ3n) is 2.89. The predicted molar refractivity (Wildman–Crippen MR) is 95.4 cm³/mol. The number of thiophene rings is 1. The van der Waals surface area contributed by atoms with Crippen molar-refractivity contribution in [2.24, 2.45) is 0 Å². The Hall–Kier alpha value is -0.000000000000000111. The Morgan fingerprint density at radius 3 is 2.80 bits per heavy atom. The second kappa shape index (κ2) is 8.44. The van der Waals surface area contributed by atoms with Gasteiger partial charge in [0.1, 0.15) is 0 Å². The van der Waals surface area contributed by atoms with Gasteiger partial charge in [0.2, 0.25) is 0 Å². The summed E-state index contributed by atoms with van der Waals surface area (Å²) in [7, 11) is 0. The van der Waals surface area contributed by atoms with E-state index in [1.165, 1.54) is 9.35 Å². The Labute approximate surface area is 142 Å². The van der Waals surface area contributed by atoms with Crippen LogP contribution in [0.2, 0.25) is 5.02 Å². The third kappa shape index (κ3) is 4.78. The van der Waals surface area contributed by atoms with Crippen LogP contribution in [0, 0.1) is 0 Å². The molecule has 108 valence electrons. The third-order valence-corrected chi connectivity index (χ3v) is 6.52. The fourth-order valence-corrected chi connectivity index (χ4v) is 4.82. The van der Waals surface area contributed by atoms with E-state index in [1.54, 1.807) is 11.3 Å². The van der Waals surface area contributed by atoms with E-state index in [4.69, 9.17) is 11.6 Å². The molecule has 0 bridgehead atoms. The van der Waals surface area contributed by atoms with Crippen LogP contribution in [0.15, 0.2) is 45.1 Å². The van der Waals surface area contributed by atoms with Crippen LogP contribution in [0.5, 0.6) is 0 Å². The predicted octanol–water partition coefficient (Wildman–Crippen LogP) is 5.48. The van der Waals surface area contributed by atoms with Crippen LogP contribution < -0.4 is 5.32 Å². The quantitative estimate of drug-likeness (QED) is 0.628. The fraction of sp³-hybridized carbons (Fsp3) is 0.333. The first-order chi connectivity index (χ1) is 9.70. The average molecular weight is 391 g/mol. The summed E-state index contributed by atoms with van der Waals surface area (Å²) >= 11 is 13.4. The molecular weight excluding hydrogens is 374 g/mol. The molecule has 1 nitrogen and oxygen atoms in total. The smallest absolute Gasteiger partial charge is 0.0541 e. The minimum Gasteiger partial charge on any atom is -0.313 e. The van der Waals surface area contributed by atoms with Crippen LogP contribution in [0.4, 0.5) is 0 Å². The lowest BCUT2D eigenvalue weighted by atomic mass is 10.2. The lowest BCUT2D eigenvalue weighted by Crippen LogP contribution is -2.33. The first-order valence-corrected chi connectivity index (χ1v) is 9.57. The Bertz CT molecular complexity index is 544. The van der Waals surface area contributed by atoms with Crippen molar-refractivity contribution in [1.82, 2.24) is 5.32 Å². The molecule has 5 heteroatoms. The van der Waals surface area contributed by atoms with Gasteiger partial charge in [-0.2, -0.15) is 0 Å². The van der Waals surface area contributed by atoms with Gasteiger partial charge in [-0.3, -0.25) is 0 Å². The zero-order chi connectivity index (χ0) is 14.4. The maximum Gasteiger partial charge on any atom is 0.0541 e. The number of rotatable bonds is 7. The lowest BCUT2D eigenvalue weighted by molar-refractivity contribution is 0.575. The molecular formula is C15H17BrClNS2. The molecule has 1 aromatic carbocycles. The van der Waals surface area contributed by atoms with Crippen molar-refractivity contribution in [3.8, 4) is 0 Å². The van der Waals surface area contributed by atoms with E-state index in [9.17, 15) is 0 Å². The normalized spacial score (nSPS) is 12.6. The summed E-state index contributed by atoms with van der Waals surface area (Å²) in [5.41, 5.74) is 0. The molecule has 1 aromatic heterocycles. The number of hydrogen-bond donors (Lipinski definition) is 1. The van der Waals surface area contributed by atoms with E-state index in [-0.39, 0.29) is 0 Å². The molecule has 1 unspecified atom stereocenters. The van der Waals surface area contributed by atoms with Crippen LogP contribution in [-0.2, 0) is 6.42 Å². The van der Waals surface area contributed by atoms with Crippen molar-refractivity contribution in [3.05, 3.63) is 50.1 Å². The molecule has 20 heavy (non-hydrogen) atoms. The van der Waals surface area contributed by atoms with Gasteiger partial charge in [-0.15, -0.1) is 23.1 Å². The highest BCUT2D eigenvalue weighted by molar-refractivity contribution is 9.10. The average Bonchev–Trinajstić information content (AvgIpc) is 2.83. The second-order valence-electron chi connectivity index (χ2n) is 4.39. The van der Waals surface area contributed by atoms with Crippen molar-refractivity contribution in [1.29, 1.82) is 0 Å². The second-order valence-corrected chi connectivity index (χ2v) is 7.72. The number of likely N-dealkylation sites (N-methyl/N-ethyl adjacent to an activating group) is 1. The van der Waals surface area contributed by atoms with Crippen molar-refractivity contribution >= 4 is 50.6 Å². The Kier molecular flexibility index (Phi) is 6.91. The van der Waals surface area contributed by atoms with Gasteiger partial charge in [0.05, 0.1) is 5.02 Å². The van der Waals surface area contributed by atoms with E-state index in [0.717, 1.165) is 28.6 Å². The van der Waals surface area contributed by atoms with Crippen molar-refractivity contribution in [3.63, 3.8) is 0 Å². The maximum absolute atomic E-state index is 6.21. The molecule has 0 saturated carbocycles. The molecule has 0 saturated heterocycles. The maximum atomic E-state index is 6.21. The molecule has 0 aliphatic carbocycles.